The van der Waals surface area contributed by atoms with Crippen molar-refractivity contribution < 1.29 is 9.90 Å². The highest BCUT2D eigenvalue weighted by molar-refractivity contribution is 6.32. The van der Waals surface area contributed by atoms with Crippen molar-refractivity contribution in [3.63, 3.8) is 0 Å². The third-order valence-corrected chi connectivity index (χ3v) is 3.35. The van der Waals surface area contributed by atoms with Crippen LogP contribution in [0.2, 0.25) is 5.02 Å². The standard InChI is InChI=1S/C14H11ClN2O2/c15-10-7-8(5-6-12(10)18)13-16-11-4-2-1-3-9(11)14(19)17-13/h1-7,13,16,18H,(H,17,19). The summed E-state index contributed by atoms with van der Waals surface area (Å²) in [5.41, 5.74) is 2.18. The van der Waals surface area contributed by atoms with Crippen LogP contribution in [0, 0.1) is 0 Å². The zero-order chi connectivity index (χ0) is 13.4. The molecule has 3 N–H and O–H groups in total. The van der Waals surface area contributed by atoms with Crippen molar-refractivity contribution in [1.82, 2.24) is 5.32 Å². The molecule has 3 rings (SSSR count). The van der Waals surface area contributed by atoms with Gasteiger partial charge in [-0.3, -0.25) is 4.79 Å². The smallest absolute Gasteiger partial charge is 0.255 e. The SMILES string of the molecule is O=C1NC(c2ccc(O)c(Cl)c2)Nc2ccccc21. The number of aromatic hydroxyl groups is 1. The Hall–Kier alpha value is -2.20. The zero-order valence-corrected chi connectivity index (χ0v) is 10.6. The van der Waals surface area contributed by atoms with Crippen LogP contribution in [0.3, 0.4) is 0 Å². The van der Waals surface area contributed by atoms with Crippen LogP contribution in [0.15, 0.2) is 42.5 Å². The molecule has 0 saturated carbocycles. The number of phenols is 1. The molecule has 1 unspecified atom stereocenters. The second-order valence-electron chi connectivity index (χ2n) is 4.31. The van der Waals surface area contributed by atoms with Crippen molar-refractivity contribution in [3.05, 3.63) is 58.6 Å². The number of benzene rings is 2. The zero-order valence-electron chi connectivity index (χ0n) is 9.85. The van der Waals surface area contributed by atoms with Crippen molar-refractivity contribution in [2.75, 3.05) is 5.32 Å². The molecule has 1 amide bonds. The largest absolute Gasteiger partial charge is 0.506 e. The molecule has 0 spiro atoms. The Labute approximate surface area is 115 Å². The van der Waals surface area contributed by atoms with Gasteiger partial charge in [0.1, 0.15) is 11.9 Å². The van der Waals surface area contributed by atoms with E-state index in [0.717, 1.165) is 11.3 Å². The molecule has 0 bridgehead atoms. The lowest BCUT2D eigenvalue weighted by atomic mass is 10.1. The molecule has 19 heavy (non-hydrogen) atoms. The first-order chi connectivity index (χ1) is 9.15. The van der Waals surface area contributed by atoms with Crippen molar-refractivity contribution in [1.29, 1.82) is 0 Å². The van der Waals surface area contributed by atoms with Gasteiger partial charge < -0.3 is 15.7 Å². The van der Waals surface area contributed by atoms with E-state index in [1.807, 2.05) is 18.2 Å². The van der Waals surface area contributed by atoms with Gasteiger partial charge in [-0.1, -0.05) is 29.8 Å². The molecule has 0 aromatic heterocycles. The number of anilines is 1. The molecule has 2 aromatic carbocycles. The van der Waals surface area contributed by atoms with Gasteiger partial charge in [0, 0.05) is 5.69 Å². The number of halogens is 1. The highest BCUT2D eigenvalue weighted by Gasteiger charge is 2.24. The molecule has 2 aromatic rings. The molecule has 4 nitrogen and oxygen atoms in total. The Morgan fingerprint density at radius 1 is 1.11 bits per heavy atom. The summed E-state index contributed by atoms with van der Waals surface area (Å²) in [6.07, 6.45) is -0.361. The summed E-state index contributed by atoms with van der Waals surface area (Å²) in [6, 6.07) is 12.1. The van der Waals surface area contributed by atoms with Gasteiger partial charge >= 0.3 is 0 Å². The number of amides is 1. The second kappa shape index (κ2) is 4.48. The minimum Gasteiger partial charge on any atom is -0.506 e. The topological polar surface area (TPSA) is 61.4 Å². The molecular weight excluding hydrogens is 264 g/mol. The van der Waals surface area contributed by atoms with Gasteiger partial charge in [-0.15, -0.1) is 0 Å². The molecule has 1 aliphatic rings. The van der Waals surface area contributed by atoms with E-state index in [4.69, 9.17) is 11.6 Å². The number of fused-ring (bicyclic) bond motifs is 1. The first-order valence-electron chi connectivity index (χ1n) is 5.80. The van der Waals surface area contributed by atoms with Crippen molar-refractivity contribution in [2.45, 2.75) is 6.17 Å². The van der Waals surface area contributed by atoms with Crippen LogP contribution >= 0.6 is 11.6 Å². The van der Waals surface area contributed by atoms with Crippen LogP contribution in [-0.4, -0.2) is 11.0 Å². The number of phenolic OH excluding ortho intramolecular Hbond substituents is 1. The van der Waals surface area contributed by atoms with Gasteiger partial charge in [0.2, 0.25) is 0 Å². The maximum Gasteiger partial charge on any atom is 0.255 e. The van der Waals surface area contributed by atoms with E-state index >= 15 is 0 Å². The Morgan fingerprint density at radius 3 is 2.68 bits per heavy atom. The number of hydrogen-bond acceptors (Lipinski definition) is 3. The summed E-state index contributed by atoms with van der Waals surface area (Å²) in [5, 5.41) is 15.7. The number of carbonyl (C=O) groups excluding carboxylic acids is 1. The summed E-state index contributed by atoms with van der Waals surface area (Å²) < 4.78 is 0. The van der Waals surface area contributed by atoms with E-state index in [1.54, 1.807) is 18.2 Å². The minimum atomic E-state index is -0.361. The number of nitrogens with one attached hydrogen (secondary N) is 2. The molecule has 96 valence electrons. The lowest BCUT2D eigenvalue weighted by molar-refractivity contribution is 0.0935. The molecule has 0 aliphatic carbocycles. The molecule has 5 heteroatoms. The molecule has 0 saturated heterocycles. The van der Waals surface area contributed by atoms with Crippen LogP contribution in [0.1, 0.15) is 22.1 Å². The minimum absolute atomic E-state index is 0.0213. The van der Waals surface area contributed by atoms with Crippen LogP contribution in [-0.2, 0) is 0 Å². The van der Waals surface area contributed by atoms with Crippen LogP contribution in [0.4, 0.5) is 5.69 Å². The lowest BCUT2D eigenvalue weighted by Crippen LogP contribution is -2.38. The highest BCUT2D eigenvalue weighted by atomic mass is 35.5. The molecule has 1 aliphatic heterocycles. The van der Waals surface area contributed by atoms with E-state index in [0.29, 0.717) is 5.56 Å². The van der Waals surface area contributed by atoms with E-state index in [9.17, 15) is 9.90 Å². The van der Waals surface area contributed by atoms with E-state index < -0.39 is 0 Å². The number of rotatable bonds is 1. The van der Waals surface area contributed by atoms with E-state index in [-0.39, 0.29) is 22.8 Å². The average molecular weight is 275 g/mol. The van der Waals surface area contributed by atoms with Crippen LogP contribution < -0.4 is 10.6 Å². The van der Waals surface area contributed by atoms with Crippen LogP contribution in [0.5, 0.6) is 5.75 Å². The van der Waals surface area contributed by atoms with Gasteiger partial charge in [-0.05, 0) is 29.8 Å². The maximum atomic E-state index is 12.0. The lowest BCUT2D eigenvalue weighted by Gasteiger charge is -2.28. The third-order valence-electron chi connectivity index (χ3n) is 3.05. The summed E-state index contributed by atoms with van der Waals surface area (Å²) in [7, 11) is 0. The summed E-state index contributed by atoms with van der Waals surface area (Å²) in [4.78, 5) is 12.0. The fraction of sp³-hybridized carbons (Fsp3) is 0.0714. The monoisotopic (exact) mass is 274 g/mol. The number of para-hydroxylation sites is 1. The Balaban J connectivity index is 1.96. The molecule has 0 fully saturated rings. The summed E-state index contributed by atoms with van der Waals surface area (Å²) >= 11 is 5.88. The summed E-state index contributed by atoms with van der Waals surface area (Å²) in [5.74, 6) is -0.114. The van der Waals surface area contributed by atoms with Crippen molar-refractivity contribution in [2.24, 2.45) is 0 Å². The molecular formula is C14H11ClN2O2. The Morgan fingerprint density at radius 2 is 1.89 bits per heavy atom. The second-order valence-corrected chi connectivity index (χ2v) is 4.71. The average Bonchev–Trinajstić information content (AvgIpc) is 2.42. The number of hydrogen-bond donors (Lipinski definition) is 3. The number of carbonyl (C=O) groups is 1. The predicted molar refractivity (Wildman–Crippen MR) is 73.4 cm³/mol. The van der Waals surface area contributed by atoms with E-state index in [1.165, 1.54) is 6.07 Å². The quantitative estimate of drug-likeness (QED) is 0.749. The highest BCUT2D eigenvalue weighted by Crippen LogP contribution is 2.30. The first-order valence-corrected chi connectivity index (χ1v) is 6.18. The van der Waals surface area contributed by atoms with Gasteiger partial charge in [0.15, 0.2) is 0 Å². The maximum absolute atomic E-state index is 12.0. The Kier molecular flexibility index (Phi) is 2.80. The third kappa shape index (κ3) is 2.11. The molecule has 1 atom stereocenters. The predicted octanol–water partition coefficient (Wildman–Crippen LogP) is 2.90. The van der Waals surface area contributed by atoms with Gasteiger partial charge in [0.05, 0.1) is 10.6 Å². The normalized spacial score (nSPS) is 17.3. The summed E-state index contributed by atoms with van der Waals surface area (Å²) in [6.45, 7) is 0. The fourth-order valence-corrected chi connectivity index (χ4v) is 2.27. The Bertz CT molecular complexity index is 658. The first kappa shape index (κ1) is 11.9. The fourth-order valence-electron chi connectivity index (χ4n) is 2.08. The van der Waals surface area contributed by atoms with Gasteiger partial charge in [-0.25, -0.2) is 0 Å². The van der Waals surface area contributed by atoms with Gasteiger partial charge in [-0.2, -0.15) is 0 Å². The van der Waals surface area contributed by atoms with Crippen molar-refractivity contribution >= 4 is 23.2 Å². The van der Waals surface area contributed by atoms with Gasteiger partial charge in [0.25, 0.3) is 5.91 Å². The molecule has 1 heterocycles. The van der Waals surface area contributed by atoms with Crippen LogP contribution in [0.25, 0.3) is 0 Å². The van der Waals surface area contributed by atoms with E-state index in [2.05, 4.69) is 10.6 Å². The van der Waals surface area contributed by atoms with Crippen molar-refractivity contribution in [3.8, 4) is 5.75 Å². The molecule has 0 radical (unpaired) electrons.